The van der Waals surface area contributed by atoms with Crippen LogP contribution in [0.1, 0.15) is 45.0 Å². The number of carbonyl (C=O) groups is 1. The number of anilines is 1. The van der Waals surface area contributed by atoms with Gasteiger partial charge in [-0.25, -0.2) is 0 Å². The molecule has 3 heterocycles. The molecule has 1 aliphatic heterocycles. The lowest BCUT2D eigenvalue weighted by molar-refractivity contribution is -0.146. The number of fused-ring (bicyclic) bond motifs is 1. The molecule has 2 aromatic heterocycles. The fourth-order valence-electron chi connectivity index (χ4n) is 4.03. The van der Waals surface area contributed by atoms with Gasteiger partial charge < -0.3 is 15.0 Å². The lowest BCUT2D eigenvalue weighted by Gasteiger charge is -2.32. The summed E-state index contributed by atoms with van der Waals surface area (Å²) >= 11 is 0. The van der Waals surface area contributed by atoms with Crippen LogP contribution < -0.4 is 15.0 Å². The van der Waals surface area contributed by atoms with Crippen LogP contribution in [0, 0.1) is 5.92 Å². The molecule has 188 valence electrons. The minimum atomic E-state index is -4.64. The van der Waals surface area contributed by atoms with Crippen molar-refractivity contribution in [2.75, 3.05) is 31.1 Å². The fraction of sp³-hybridized carbons (Fsp3) is 0.500. The Bertz CT molecular complexity index is 1160. The second-order valence-electron chi connectivity index (χ2n) is 9.66. The minimum Gasteiger partial charge on any atom is -0.492 e. The van der Waals surface area contributed by atoms with E-state index in [9.17, 15) is 18.0 Å². The number of alkyl halides is 3. The number of carbonyl (C=O) groups excluding carboxylic acids is 1. The highest BCUT2D eigenvalue weighted by Crippen LogP contribution is 2.29. The van der Waals surface area contributed by atoms with E-state index in [1.54, 1.807) is 6.07 Å². The predicted molar refractivity (Wildman–Crippen MR) is 124 cm³/mol. The summed E-state index contributed by atoms with van der Waals surface area (Å²) in [4.78, 5) is 14.4. The topological polar surface area (TPSA) is 84.6 Å². The van der Waals surface area contributed by atoms with Gasteiger partial charge in [-0.05, 0) is 48.1 Å². The van der Waals surface area contributed by atoms with E-state index in [2.05, 4.69) is 41.4 Å². The van der Waals surface area contributed by atoms with E-state index in [4.69, 9.17) is 4.74 Å². The molecule has 35 heavy (non-hydrogen) atoms. The number of ether oxygens (including phenoxy) is 1. The average molecular weight is 491 g/mol. The van der Waals surface area contributed by atoms with Gasteiger partial charge in [0, 0.05) is 19.0 Å². The Morgan fingerprint density at radius 3 is 2.37 bits per heavy atom. The van der Waals surface area contributed by atoms with Crippen molar-refractivity contribution < 1.29 is 22.7 Å². The Labute approximate surface area is 201 Å². The molecule has 11 heteroatoms. The number of aromatic nitrogens is 4. The van der Waals surface area contributed by atoms with Crippen molar-refractivity contribution in [2.45, 2.75) is 45.2 Å². The first kappa shape index (κ1) is 24.7. The molecule has 3 aromatic rings. The molecule has 1 aromatic carbocycles. The second kappa shape index (κ2) is 9.71. The van der Waals surface area contributed by atoms with Crippen LogP contribution in [0.3, 0.4) is 0 Å². The Kier molecular flexibility index (Phi) is 6.86. The molecule has 0 spiro atoms. The summed E-state index contributed by atoms with van der Waals surface area (Å²) in [6.45, 7) is 8.24. The van der Waals surface area contributed by atoms with Crippen molar-refractivity contribution in [1.82, 2.24) is 25.1 Å². The van der Waals surface area contributed by atoms with E-state index >= 15 is 0 Å². The van der Waals surface area contributed by atoms with Gasteiger partial charge in [-0.3, -0.25) is 4.79 Å². The third-order valence-corrected chi connectivity index (χ3v) is 6.08. The maximum atomic E-state index is 13.1. The van der Waals surface area contributed by atoms with E-state index < -0.39 is 12.0 Å². The van der Waals surface area contributed by atoms with Gasteiger partial charge in [0.1, 0.15) is 18.2 Å². The van der Waals surface area contributed by atoms with Gasteiger partial charge in [0.25, 0.3) is 5.82 Å². The zero-order chi connectivity index (χ0) is 25.2. The first-order chi connectivity index (χ1) is 16.5. The Morgan fingerprint density at radius 1 is 1.06 bits per heavy atom. The van der Waals surface area contributed by atoms with Crippen molar-refractivity contribution in [1.29, 1.82) is 0 Å². The zero-order valence-corrected chi connectivity index (χ0v) is 20.0. The van der Waals surface area contributed by atoms with Crippen molar-refractivity contribution in [2.24, 2.45) is 5.92 Å². The highest BCUT2D eigenvalue weighted by Gasteiger charge is 2.38. The van der Waals surface area contributed by atoms with E-state index in [1.165, 1.54) is 11.6 Å². The van der Waals surface area contributed by atoms with Crippen molar-refractivity contribution in [3.8, 4) is 5.75 Å². The molecule has 4 rings (SSSR count). The molecule has 8 nitrogen and oxygen atoms in total. The SMILES string of the molecule is CC(C)(C)c1ccc(OCCNC(=O)C2CCN(c3ccc4nnc(C(F)(F)F)n4n3)CC2)cc1. The Morgan fingerprint density at radius 2 is 1.74 bits per heavy atom. The van der Waals surface area contributed by atoms with Crippen molar-refractivity contribution in [3.05, 3.63) is 47.8 Å². The van der Waals surface area contributed by atoms with Gasteiger partial charge in [-0.1, -0.05) is 32.9 Å². The van der Waals surface area contributed by atoms with Crippen LogP contribution in [-0.2, 0) is 16.4 Å². The average Bonchev–Trinajstić information content (AvgIpc) is 3.25. The van der Waals surface area contributed by atoms with Crippen LogP contribution >= 0.6 is 0 Å². The van der Waals surface area contributed by atoms with Gasteiger partial charge in [-0.15, -0.1) is 15.3 Å². The van der Waals surface area contributed by atoms with E-state index in [0.717, 1.165) is 5.75 Å². The third kappa shape index (κ3) is 5.83. The van der Waals surface area contributed by atoms with Crippen LogP contribution in [0.25, 0.3) is 5.65 Å². The summed E-state index contributed by atoms with van der Waals surface area (Å²) in [5, 5.41) is 13.7. The van der Waals surface area contributed by atoms with Gasteiger partial charge in [0.15, 0.2) is 5.65 Å². The van der Waals surface area contributed by atoms with Crippen LogP contribution in [0.2, 0.25) is 0 Å². The first-order valence-corrected chi connectivity index (χ1v) is 11.6. The monoisotopic (exact) mass is 490 g/mol. The molecule has 1 fully saturated rings. The third-order valence-electron chi connectivity index (χ3n) is 6.08. The van der Waals surface area contributed by atoms with Gasteiger partial charge in [0.05, 0.1) is 6.54 Å². The van der Waals surface area contributed by atoms with Gasteiger partial charge in [0.2, 0.25) is 5.91 Å². The van der Waals surface area contributed by atoms with E-state index in [1.807, 2.05) is 29.2 Å². The maximum absolute atomic E-state index is 13.1. The highest BCUT2D eigenvalue weighted by atomic mass is 19.4. The number of nitrogens with one attached hydrogen (secondary N) is 1. The number of piperidine rings is 1. The fourth-order valence-corrected chi connectivity index (χ4v) is 4.03. The van der Waals surface area contributed by atoms with Gasteiger partial charge >= 0.3 is 6.18 Å². The van der Waals surface area contributed by atoms with E-state index in [0.29, 0.717) is 49.4 Å². The van der Waals surface area contributed by atoms with Crippen LogP contribution in [-0.4, -0.2) is 52.0 Å². The lowest BCUT2D eigenvalue weighted by atomic mass is 9.87. The van der Waals surface area contributed by atoms with E-state index in [-0.39, 0.29) is 22.9 Å². The molecule has 0 unspecified atom stereocenters. The summed E-state index contributed by atoms with van der Waals surface area (Å²) < 4.78 is 45.8. The number of amides is 1. The number of hydrogen-bond donors (Lipinski definition) is 1. The molecule has 0 atom stereocenters. The summed E-state index contributed by atoms with van der Waals surface area (Å²) in [5.74, 6) is -0.213. The highest BCUT2D eigenvalue weighted by molar-refractivity contribution is 5.79. The second-order valence-corrected chi connectivity index (χ2v) is 9.66. The smallest absolute Gasteiger partial charge is 0.453 e. The van der Waals surface area contributed by atoms with Crippen LogP contribution in [0.4, 0.5) is 19.0 Å². The molecule has 1 saturated heterocycles. The summed E-state index contributed by atoms with van der Waals surface area (Å²) in [7, 11) is 0. The molecule has 0 saturated carbocycles. The maximum Gasteiger partial charge on any atom is 0.453 e. The normalized spacial score (nSPS) is 15.4. The lowest BCUT2D eigenvalue weighted by Crippen LogP contribution is -2.41. The molecule has 0 aliphatic carbocycles. The first-order valence-electron chi connectivity index (χ1n) is 11.6. The van der Waals surface area contributed by atoms with Crippen molar-refractivity contribution >= 4 is 17.4 Å². The minimum absolute atomic E-state index is 0.0303. The number of rotatable bonds is 6. The number of nitrogens with zero attached hydrogens (tertiary/aromatic N) is 5. The number of hydrogen-bond acceptors (Lipinski definition) is 6. The molecule has 0 bridgehead atoms. The number of halogens is 3. The Balaban J connectivity index is 1.24. The molecular weight excluding hydrogens is 461 g/mol. The molecule has 1 aliphatic rings. The summed E-state index contributed by atoms with van der Waals surface area (Å²) in [6, 6.07) is 11.0. The molecular formula is C24H29F3N6O2. The standard InChI is InChI=1S/C24H29F3N6O2/c1-23(2,3)17-4-6-18(7-5-17)35-15-12-28-21(34)16-10-13-32(14-11-16)20-9-8-19-29-30-22(24(25,26)27)33(19)31-20/h4-9,16H,10-15H2,1-3H3,(H,28,34). The molecule has 1 amide bonds. The zero-order valence-electron chi connectivity index (χ0n) is 20.0. The Hall–Kier alpha value is -3.37. The predicted octanol–water partition coefficient (Wildman–Crippen LogP) is 3.85. The largest absolute Gasteiger partial charge is 0.492 e. The van der Waals surface area contributed by atoms with Crippen molar-refractivity contribution in [3.63, 3.8) is 0 Å². The number of benzene rings is 1. The van der Waals surface area contributed by atoms with Crippen LogP contribution in [0.15, 0.2) is 36.4 Å². The van der Waals surface area contributed by atoms with Crippen LogP contribution in [0.5, 0.6) is 5.75 Å². The summed E-state index contributed by atoms with van der Waals surface area (Å²) in [5.41, 5.74) is 1.33. The molecule has 1 N–H and O–H groups in total. The molecule has 0 radical (unpaired) electrons. The van der Waals surface area contributed by atoms with Gasteiger partial charge in [-0.2, -0.15) is 17.7 Å². The summed E-state index contributed by atoms with van der Waals surface area (Å²) in [6.07, 6.45) is -3.49. The quantitative estimate of drug-likeness (QED) is 0.529.